The van der Waals surface area contributed by atoms with E-state index in [1.54, 1.807) is 59.0 Å². The fourth-order valence-corrected chi connectivity index (χ4v) is 52.3. The molecular formula is C48H68S6Sn2. The molecule has 0 radical (unpaired) electrons. The van der Waals surface area contributed by atoms with E-state index in [1.165, 1.54) is 106 Å². The molecule has 304 valence electrons. The van der Waals surface area contributed by atoms with Crippen LogP contribution in [0.2, 0.25) is 26.6 Å². The van der Waals surface area contributed by atoms with Crippen LogP contribution < -0.4 is 5.79 Å². The summed E-state index contributed by atoms with van der Waals surface area (Å²) in [5.41, 5.74) is 0. The molecule has 0 spiro atoms. The normalized spacial score (nSPS) is 12.0. The topological polar surface area (TPSA) is 0 Å². The van der Waals surface area contributed by atoms with Crippen LogP contribution in [0.15, 0.2) is 83.6 Å². The second-order valence-electron chi connectivity index (χ2n) is 15.8. The third-order valence-electron chi connectivity index (χ3n) is 11.5. The van der Waals surface area contributed by atoms with E-state index in [0.717, 1.165) is 0 Å². The van der Waals surface area contributed by atoms with Crippen LogP contribution in [0.25, 0.3) is 39.0 Å². The summed E-state index contributed by atoms with van der Waals surface area (Å²) in [6, 6.07) is 28.1. The zero-order valence-electron chi connectivity index (χ0n) is 35.3. The molecule has 6 aromatic heterocycles. The first-order chi connectivity index (χ1) is 27.4. The van der Waals surface area contributed by atoms with Gasteiger partial charge in [-0.25, -0.2) is 0 Å². The molecule has 0 saturated heterocycles. The van der Waals surface area contributed by atoms with Crippen molar-refractivity contribution < 1.29 is 0 Å². The summed E-state index contributed by atoms with van der Waals surface area (Å²) in [4.78, 5) is 11.6. The van der Waals surface area contributed by atoms with Gasteiger partial charge in [-0.1, -0.05) is 12.1 Å². The Hall–Kier alpha value is -0.203. The maximum Gasteiger partial charge on any atom is 0.0449 e. The molecule has 0 aliphatic rings. The van der Waals surface area contributed by atoms with E-state index in [0.29, 0.717) is 0 Å². The minimum Gasteiger partial charge on any atom is -0.143 e. The van der Waals surface area contributed by atoms with Gasteiger partial charge in [-0.05, 0) is 35.0 Å². The third kappa shape index (κ3) is 12.9. The van der Waals surface area contributed by atoms with E-state index < -0.39 is 36.8 Å². The molecule has 6 rings (SSSR count). The Morgan fingerprint density at radius 1 is 0.321 bits per heavy atom. The molecule has 0 aliphatic heterocycles. The van der Waals surface area contributed by atoms with Gasteiger partial charge in [0.25, 0.3) is 0 Å². The average Bonchev–Trinajstić information content (AvgIpc) is 4.07. The predicted octanol–water partition coefficient (Wildman–Crippen LogP) is 18.5. The summed E-state index contributed by atoms with van der Waals surface area (Å²) in [7, 11) is 0. The van der Waals surface area contributed by atoms with Crippen LogP contribution in [0, 0.1) is 0 Å². The maximum absolute atomic E-state index is 2.61. The Labute approximate surface area is 374 Å². The summed E-state index contributed by atoms with van der Waals surface area (Å²) in [5, 5.41) is 4.25. The Bertz CT molecular complexity index is 1730. The summed E-state index contributed by atoms with van der Waals surface area (Å²) in [6.45, 7) is 14.4. The van der Waals surface area contributed by atoms with Crippen molar-refractivity contribution in [3.63, 3.8) is 0 Å². The molecule has 0 atom stereocenters. The third-order valence-corrected chi connectivity index (χ3v) is 54.9. The minimum absolute atomic E-state index is 1.35. The number of unbranched alkanes of at least 4 members (excludes halogenated alkanes) is 6. The monoisotopic (exact) mass is 1080 g/mol. The fraction of sp³-hybridized carbons (Fsp3) is 0.500. The van der Waals surface area contributed by atoms with Crippen molar-refractivity contribution in [1.29, 1.82) is 0 Å². The molecular weight excluding hydrogens is 1010 g/mol. The van der Waals surface area contributed by atoms with E-state index in [1.807, 2.05) is 17.1 Å². The first-order valence-corrected chi connectivity index (χ1v) is 41.9. The smallest absolute Gasteiger partial charge is 0.0449 e. The van der Waals surface area contributed by atoms with E-state index >= 15 is 0 Å². The Morgan fingerprint density at radius 3 is 0.857 bits per heavy atom. The van der Waals surface area contributed by atoms with Crippen LogP contribution in [-0.2, 0) is 0 Å². The summed E-state index contributed by atoms with van der Waals surface area (Å²) in [6.07, 6.45) is 16.8. The first kappa shape index (κ1) is 46.9. The van der Waals surface area contributed by atoms with E-state index in [4.69, 9.17) is 0 Å². The van der Waals surface area contributed by atoms with E-state index in [2.05, 4.69) is 159 Å². The van der Waals surface area contributed by atoms with Gasteiger partial charge in [0.05, 0.1) is 0 Å². The van der Waals surface area contributed by atoms with Crippen LogP contribution in [0.5, 0.6) is 0 Å². The van der Waals surface area contributed by atoms with Gasteiger partial charge < -0.3 is 0 Å². The molecule has 0 aliphatic carbocycles. The molecule has 56 heavy (non-hydrogen) atoms. The predicted molar refractivity (Wildman–Crippen MR) is 271 cm³/mol. The second kappa shape index (κ2) is 24.9. The first-order valence-electron chi connectivity index (χ1n) is 21.9. The summed E-state index contributed by atoms with van der Waals surface area (Å²) < 4.78 is 13.2. The van der Waals surface area contributed by atoms with Gasteiger partial charge in [-0.2, -0.15) is 0 Å². The van der Waals surface area contributed by atoms with Gasteiger partial charge in [-0.15, -0.1) is 34.0 Å². The number of hydrogen-bond donors (Lipinski definition) is 0. The van der Waals surface area contributed by atoms with Gasteiger partial charge >= 0.3 is 278 Å². The standard InChI is InChI=1S/C12H8S3.C12H6S3.6C4H9.2Sn/c2*1-3-9(13-7-1)11-5-6-12(15-11)10-4-2-8-14-10;6*1-3-4-2;;/h1-8H;1-6H;6*1,3-4H2,2H3;;. The number of hydrogen-bond acceptors (Lipinski definition) is 6. The molecule has 0 amide bonds. The van der Waals surface area contributed by atoms with Crippen molar-refractivity contribution in [2.45, 2.75) is 145 Å². The zero-order valence-corrected chi connectivity index (χ0v) is 45.9. The van der Waals surface area contributed by atoms with Gasteiger partial charge in [0, 0.05) is 19.5 Å². The Kier molecular flexibility index (Phi) is 20.8. The molecule has 0 N–H and O–H groups in total. The molecule has 0 nitrogen and oxygen atoms in total. The van der Waals surface area contributed by atoms with Crippen LogP contribution in [0.1, 0.15) is 119 Å². The summed E-state index contributed by atoms with van der Waals surface area (Å²) >= 11 is 7.25. The SMILES string of the molecule is CCC[CH2][Sn]([CH2]CCC)([CH2]CCC)[c]1ccc(-c2ccc(-c3cc[c]([Sn]([CH2]CCC)([CH2]CCC)[CH2]CCC)s3)s2)s1.c1csc(-c2ccc(-c3cccs3)s2)c1. The van der Waals surface area contributed by atoms with Gasteiger partial charge in [0.1, 0.15) is 0 Å². The number of thiophene rings is 6. The maximum atomic E-state index is 2.61. The van der Waals surface area contributed by atoms with Crippen molar-refractivity contribution in [2.24, 2.45) is 0 Å². The largest absolute Gasteiger partial charge is 0.143 e. The van der Waals surface area contributed by atoms with Crippen molar-refractivity contribution in [3.8, 4) is 39.0 Å². The van der Waals surface area contributed by atoms with E-state index in [-0.39, 0.29) is 0 Å². The molecule has 6 aromatic rings. The second-order valence-corrected chi connectivity index (χ2v) is 50.3. The van der Waals surface area contributed by atoms with Crippen LogP contribution >= 0.6 is 68.0 Å². The minimum atomic E-state index is -2.35. The molecule has 0 fully saturated rings. The van der Waals surface area contributed by atoms with Crippen molar-refractivity contribution >= 4 is 111 Å². The van der Waals surface area contributed by atoms with Gasteiger partial charge in [0.2, 0.25) is 0 Å². The molecule has 6 heterocycles. The van der Waals surface area contributed by atoms with Crippen LogP contribution in [-0.4, -0.2) is 36.8 Å². The molecule has 0 aromatic carbocycles. The molecule has 8 heteroatoms. The Balaban J connectivity index is 0.000000328. The van der Waals surface area contributed by atoms with Gasteiger partial charge in [0.15, 0.2) is 0 Å². The van der Waals surface area contributed by atoms with Crippen molar-refractivity contribution in [1.82, 2.24) is 0 Å². The molecule has 0 bridgehead atoms. The van der Waals surface area contributed by atoms with E-state index in [9.17, 15) is 0 Å². The Morgan fingerprint density at radius 2 is 0.589 bits per heavy atom. The van der Waals surface area contributed by atoms with Crippen molar-refractivity contribution in [3.05, 3.63) is 83.6 Å². The zero-order chi connectivity index (χ0) is 39.6. The number of rotatable bonds is 24. The molecule has 0 saturated carbocycles. The van der Waals surface area contributed by atoms with Crippen LogP contribution in [0.4, 0.5) is 0 Å². The fourth-order valence-electron chi connectivity index (χ4n) is 8.13. The summed E-state index contributed by atoms with van der Waals surface area (Å²) in [5.74, 6) is 0. The van der Waals surface area contributed by atoms with Crippen LogP contribution in [0.3, 0.4) is 0 Å². The van der Waals surface area contributed by atoms with Crippen molar-refractivity contribution in [2.75, 3.05) is 0 Å². The molecule has 0 unspecified atom stereocenters. The average molecular weight is 1070 g/mol. The van der Waals surface area contributed by atoms with Gasteiger partial charge in [-0.3, -0.25) is 0 Å². The quantitative estimate of drug-likeness (QED) is 0.0530.